The molecule has 0 bridgehead atoms. The van der Waals surface area contributed by atoms with E-state index in [1.807, 2.05) is 61.5 Å². The van der Waals surface area contributed by atoms with E-state index in [1.54, 1.807) is 18.3 Å². The molecule has 0 fully saturated rings. The minimum absolute atomic E-state index is 0.682. The van der Waals surface area contributed by atoms with Gasteiger partial charge in [0.1, 0.15) is 11.5 Å². The second kappa shape index (κ2) is 8.06. The number of rotatable bonds is 5. The van der Waals surface area contributed by atoms with Crippen LogP contribution >= 0.6 is 23.2 Å². The molecule has 0 aliphatic rings. The highest BCUT2D eigenvalue weighted by molar-refractivity contribution is 6.31. The van der Waals surface area contributed by atoms with Crippen molar-refractivity contribution >= 4 is 35.1 Å². The largest absolute Gasteiger partial charge is 0.457 e. The van der Waals surface area contributed by atoms with Gasteiger partial charge < -0.3 is 4.74 Å². The van der Waals surface area contributed by atoms with Crippen molar-refractivity contribution in [2.45, 2.75) is 6.92 Å². The number of hydrazone groups is 1. The Morgan fingerprint density at radius 2 is 1.52 bits per heavy atom. The first-order valence-electron chi connectivity index (χ1n) is 7.69. The normalized spacial score (nSPS) is 10.8. The van der Waals surface area contributed by atoms with Crippen LogP contribution in [-0.2, 0) is 0 Å². The predicted molar refractivity (Wildman–Crippen MR) is 105 cm³/mol. The molecule has 5 heteroatoms. The summed E-state index contributed by atoms with van der Waals surface area (Å²) in [6.07, 6.45) is 1.74. The van der Waals surface area contributed by atoms with Gasteiger partial charge >= 0.3 is 0 Å². The first kappa shape index (κ1) is 17.3. The molecule has 3 aromatic rings. The topological polar surface area (TPSA) is 33.6 Å². The zero-order valence-corrected chi connectivity index (χ0v) is 15.1. The number of nitrogens with zero attached hydrogens (tertiary/aromatic N) is 1. The van der Waals surface area contributed by atoms with Gasteiger partial charge in [0.2, 0.25) is 0 Å². The first-order chi connectivity index (χ1) is 12.1. The molecule has 0 unspecified atom stereocenters. The smallest absolute Gasteiger partial charge is 0.127 e. The van der Waals surface area contributed by atoms with E-state index >= 15 is 0 Å². The van der Waals surface area contributed by atoms with Crippen molar-refractivity contribution in [1.82, 2.24) is 0 Å². The maximum atomic E-state index is 6.09. The summed E-state index contributed by atoms with van der Waals surface area (Å²) in [5, 5.41) is 5.61. The number of benzene rings is 3. The molecule has 25 heavy (non-hydrogen) atoms. The van der Waals surface area contributed by atoms with Crippen LogP contribution in [0.25, 0.3) is 0 Å². The Morgan fingerprint density at radius 1 is 0.880 bits per heavy atom. The van der Waals surface area contributed by atoms with Gasteiger partial charge in [-0.25, -0.2) is 0 Å². The minimum Gasteiger partial charge on any atom is -0.457 e. The number of hydrogen-bond donors (Lipinski definition) is 1. The van der Waals surface area contributed by atoms with Crippen molar-refractivity contribution in [2.24, 2.45) is 5.10 Å². The summed E-state index contributed by atoms with van der Waals surface area (Å²) >= 11 is 12.0. The highest BCUT2D eigenvalue weighted by atomic mass is 35.5. The van der Waals surface area contributed by atoms with Gasteiger partial charge in [-0.15, -0.1) is 0 Å². The van der Waals surface area contributed by atoms with Crippen molar-refractivity contribution in [3.8, 4) is 11.5 Å². The van der Waals surface area contributed by atoms with E-state index in [0.717, 1.165) is 28.3 Å². The lowest BCUT2D eigenvalue weighted by molar-refractivity contribution is 0.482. The van der Waals surface area contributed by atoms with Crippen LogP contribution in [0.15, 0.2) is 71.8 Å². The Morgan fingerprint density at radius 3 is 2.16 bits per heavy atom. The lowest BCUT2D eigenvalue weighted by Gasteiger charge is -2.06. The molecule has 0 radical (unpaired) electrons. The van der Waals surface area contributed by atoms with Gasteiger partial charge in [-0.05, 0) is 78.7 Å². The summed E-state index contributed by atoms with van der Waals surface area (Å²) < 4.78 is 5.75. The molecule has 0 aromatic heterocycles. The quantitative estimate of drug-likeness (QED) is 0.408. The summed E-state index contributed by atoms with van der Waals surface area (Å²) in [6, 6.07) is 20.6. The second-order valence-corrected chi connectivity index (χ2v) is 6.30. The Balaban J connectivity index is 1.60. The fourth-order valence-electron chi connectivity index (χ4n) is 2.10. The van der Waals surface area contributed by atoms with Gasteiger partial charge in [0.25, 0.3) is 0 Å². The molecule has 0 heterocycles. The standard InChI is InChI=1S/C20H16Cl2N2O/c1-14-2-7-17(12-20(14)22)24-23-13-15-3-8-18(9-4-15)25-19-10-5-16(21)6-11-19/h2-13,24H,1H3. The lowest BCUT2D eigenvalue weighted by Crippen LogP contribution is -1.91. The first-order valence-corrected chi connectivity index (χ1v) is 8.44. The average Bonchev–Trinajstić information content (AvgIpc) is 2.61. The maximum absolute atomic E-state index is 6.09. The molecule has 3 rings (SSSR count). The van der Waals surface area contributed by atoms with Crippen LogP contribution in [0.1, 0.15) is 11.1 Å². The van der Waals surface area contributed by atoms with Gasteiger partial charge in [-0.3, -0.25) is 5.43 Å². The molecule has 0 saturated heterocycles. The zero-order valence-electron chi connectivity index (χ0n) is 13.5. The highest BCUT2D eigenvalue weighted by Crippen LogP contribution is 2.23. The number of nitrogens with one attached hydrogen (secondary N) is 1. The van der Waals surface area contributed by atoms with E-state index in [-0.39, 0.29) is 0 Å². The van der Waals surface area contributed by atoms with E-state index in [1.165, 1.54) is 0 Å². The molecule has 126 valence electrons. The molecule has 1 N–H and O–H groups in total. The molecule has 0 aliphatic carbocycles. The maximum Gasteiger partial charge on any atom is 0.127 e. The monoisotopic (exact) mass is 370 g/mol. The Bertz CT molecular complexity index is 875. The van der Waals surface area contributed by atoms with Crippen LogP contribution in [0.2, 0.25) is 10.0 Å². The molecule has 0 saturated carbocycles. The summed E-state index contributed by atoms with van der Waals surface area (Å²) in [4.78, 5) is 0. The third kappa shape index (κ3) is 4.99. The molecule has 3 aromatic carbocycles. The van der Waals surface area contributed by atoms with Gasteiger partial charge in [0, 0.05) is 10.0 Å². The van der Waals surface area contributed by atoms with E-state index in [4.69, 9.17) is 27.9 Å². The van der Waals surface area contributed by atoms with E-state index in [0.29, 0.717) is 10.0 Å². The molecular weight excluding hydrogens is 355 g/mol. The molecule has 0 spiro atoms. The van der Waals surface area contributed by atoms with Crippen LogP contribution in [0.4, 0.5) is 5.69 Å². The van der Waals surface area contributed by atoms with Gasteiger partial charge in [0.15, 0.2) is 0 Å². The van der Waals surface area contributed by atoms with Gasteiger partial charge in [-0.2, -0.15) is 5.10 Å². The summed E-state index contributed by atoms with van der Waals surface area (Å²) in [5.41, 5.74) is 5.79. The predicted octanol–water partition coefficient (Wildman–Crippen LogP) is 6.54. The third-order valence-electron chi connectivity index (χ3n) is 3.51. The van der Waals surface area contributed by atoms with Crippen molar-refractivity contribution in [3.63, 3.8) is 0 Å². The zero-order chi connectivity index (χ0) is 17.6. The van der Waals surface area contributed by atoms with Gasteiger partial charge in [0.05, 0.1) is 11.9 Å². The van der Waals surface area contributed by atoms with Crippen LogP contribution in [0.5, 0.6) is 11.5 Å². The summed E-state index contributed by atoms with van der Waals surface area (Å²) in [6.45, 7) is 1.96. The Kier molecular flexibility index (Phi) is 5.59. The molecule has 0 atom stereocenters. The van der Waals surface area contributed by atoms with E-state index in [2.05, 4.69) is 10.5 Å². The lowest BCUT2D eigenvalue weighted by atomic mass is 10.2. The molecule has 0 amide bonds. The van der Waals surface area contributed by atoms with Gasteiger partial charge in [-0.1, -0.05) is 29.3 Å². The Hall–Kier alpha value is -2.49. The summed E-state index contributed by atoms with van der Waals surface area (Å²) in [5.74, 6) is 1.49. The SMILES string of the molecule is Cc1ccc(NN=Cc2ccc(Oc3ccc(Cl)cc3)cc2)cc1Cl. The van der Waals surface area contributed by atoms with Crippen molar-refractivity contribution in [3.05, 3.63) is 87.9 Å². The number of hydrogen-bond acceptors (Lipinski definition) is 3. The second-order valence-electron chi connectivity index (χ2n) is 5.46. The van der Waals surface area contributed by atoms with Crippen LogP contribution < -0.4 is 10.2 Å². The summed E-state index contributed by atoms with van der Waals surface area (Å²) in [7, 11) is 0. The van der Waals surface area contributed by atoms with Crippen molar-refractivity contribution < 1.29 is 4.74 Å². The average molecular weight is 371 g/mol. The molecule has 3 nitrogen and oxygen atoms in total. The highest BCUT2D eigenvalue weighted by Gasteiger charge is 1.98. The fourth-order valence-corrected chi connectivity index (χ4v) is 2.41. The van der Waals surface area contributed by atoms with E-state index in [9.17, 15) is 0 Å². The number of ether oxygens (including phenoxy) is 1. The van der Waals surface area contributed by atoms with E-state index < -0.39 is 0 Å². The number of halogens is 2. The van der Waals surface area contributed by atoms with Crippen LogP contribution in [0, 0.1) is 6.92 Å². The third-order valence-corrected chi connectivity index (χ3v) is 4.17. The Labute approximate surface area is 156 Å². The minimum atomic E-state index is 0.682. The molecule has 0 aliphatic heterocycles. The van der Waals surface area contributed by atoms with Crippen LogP contribution in [-0.4, -0.2) is 6.21 Å². The number of aryl methyl sites for hydroxylation is 1. The van der Waals surface area contributed by atoms with Crippen LogP contribution in [0.3, 0.4) is 0 Å². The fraction of sp³-hybridized carbons (Fsp3) is 0.0500. The molecular formula is C20H16Cl2N2O. The van der Waals surface area contributed by atoms with Crippen molar-refractivity contribution in [2.75, 3.05) is 5.43 Å². The van der Waals surface area contributed by atoms with Crippen molar-refractivity contribution in [1.29, 1.82) is 0 Å². The number of anilines is 1.